The number of hydrogen-bond donors (Lipinski definition) is 2. The highest BCUT2D eigenvalue weighted by Crippen LogP contribution is 2.28. The summed E-state index contributed by atoms with van der Waals surface area (Å²) in [6.45, 7) is 3.15. The Labute approximate surface area is 80.5 Å². The number of nitrogens with one attached hydrogen (secondary N) is 2. The predicted octanol–water partition coefficient (Wildman–Crippen LogP) is 2.67. The zero-order valence-electron chi connectivity index (χ0n) is 6.89. The van der Waals surface area contributed by atoms with Gasteiger partial charge in [0.1, 0.15) is 0 Å². The molecule has 1 aromatic carbocycles. The first kappa shape index (κ1) is 7.92. The second-order valence-electron chi connectivity index (χ2n) is 3.12. The number of benzene rings is 1. The number of halogens is 1. The first-order valence-corrected chi connectivity index (χ1v) is 4.85. The van der Waals surface area contributed by atoms with Crippen molar-refractivity contribution in [2.75, 3.05) is 17.2 Å². The molecule has 3 heteroatoms. The van der Waals surface area contributed by atoms with Crippen molar-refractivity contribution in [3.8, 4) is 0 Å². The smallest absolute Gasteiger partial charge is 0.0588 e. The van der Waals surface area contributed by atoms with Crippen molar-refractivity contribution < 1.29 is 0 Å². The average Bonchev–Trinajstić information content (AvgIpc) is 2.05. The van der Waals surface area contributed by atoms with E-state index in [0.717, 1.165) is 11.0 Å². The Kier molecular flexibility index (Phi) is 1.97. The van der Waals surface area contributed by atoms with E-state index in [1.54, 1.807) is 0 Å². The lowest BCUT2D eigenvalue weighted by Gasteiger charge is -2.25. The Morgan fingerprint density at radius 2 is 2.25 bits per heavy atom. The number of anilines is 2. The van der Waals surface area contributed by atoms with Crippen LogP contribution >= 0.6 is 15.9 Å². The molecule has 1 aromatic rings. The normalized spacial score (nSPS) is 20.7. The Hall–Kier alpha value is -0.700. The molecular weight excluding hydrogens is 216 g/mol. The highest BCUT2D eigenvalue weighted by Gasteiger charge is 2.12. The highest BCUT2D eigenvalue weighted by atomic mass is 79.9. The molecule has 0 aliphatic carbocycles. The van der Waals surface area contributed by atoms with E-state index in [0.29, 0.717) is 6.04 Å². The fourth-order valence-electron chi connectivity index (χ4n) is 1.37. The second-order valence-corrected chi connectivity index (χ2v) is 4.03. The molecule has 1 aliphatic heterocycles. The maximum absolute atomic E-state index is 3.44. The highest BCUT2D eigenvalue weighted by molar-refractivity contribution is 9.10. The van der Waals surface area contributed by atoms with E-state index in [2.05, 4.69) is 45.6 Å². The van der Waals surface area contributed by atoms with Gasteiger partial charge in [0.15, 0.2) is 0 Å². The van der Waals surface area contributed by atoms with Crippen LogP contribution in [0.1, 0.15) is 6.92 Å². The lowest BCUT2D eigenvalue weighted by molar-refractivity contribution is 0.818. The summed E-state index contributed by atoms with van der Waals surface area (Å²) >= 11 is 3.44. The number of fused-ring (bicyclic) bond motifs is 1. The fourth-order valence-corrected chi connectivity index (χ4v) is 1.73. The van der Waals surface area contributed by atoms with Gasteiger partial charge < -0.3 is 10.6 Å². The van der Waals surface area contributed by atoms with Gasteiger partial charge >= 0.3 is 0 Å². The van der Waals surface area contributed by atoms with Gasteiger partial charge in [-0.1, -0.05) is 15.9 Å². The first-order valence-electron chi connectivity index (χ1n) is 4.05. The zero-order chi connectivity index (χ0) is 8.55. The van der Waals surface area contributed by atoms with Crippen LogP contribution in [-0.4, -0.2) is 12.6 Å². The monoisotopic (exact) mass is 226 g/mol. The van der Waals surface area contributed by atoms with E-state index < -0.39 is 0 Å². The molecule has 64 valence electrons. The van der Waals surface area contributed by atoms with Crippen LogP contribution in [0, 0.1) is 0 Å². The standard InChI is InChI=1S/C9H11BrN2/c1-6-5-11-9-4-7(10)2-3-8(9)12-6/h2-4,6,11-12H,5H2,1H3/t6-/m0/s1. The van der Waals surface area contributed by atoms with Gasteiger partial charge in [0.2, 0.25) is 0 Å². The summed E-state index contributed by atoms with van der Waals surface area (Å²) < 4.78 is 1.12. The fraction of sp³-hybridized carbons (Fsp3) is 0.333. The van der Waals surface area contributed by atoms with Gasteiger partial charge in [-0.3, -0.25) is 0 Å². The van der Waals surface area contributed by atoms with Crippen molar-refractivity contribution >= 4 is 27.3 Å². The maximum Gasteiger partial charge on any atom is 0.0588 e. The number of hydrogen-bond acceptors (Lipinski definition) is 2. The minimum Gasteiger partial charge on any atom is -0.381 e. The molecule has 12 heavy (non-hydrogen) atoms. The summed E-state index contributed by atoms with van der Waals surface area (Å²) in [5, 5.41) is 6.76. The van der Waals surface area contributed by atoms with Crippen molar-refractivity contribution in [1.82, 2.24) is 0 Å². The van der Waals surface area contributed by atoms with Crippen LogP contribution in [0.5, 0.6) is 0 Å². The Balaban J connectivity index is 2.37. The van der Waals surface area contributed by atoms with E-state index in [-0.39, 0.29) is 0 Å². The summed E-state index contributed by atoms with van der Waals surface area (Å²) in [7, 11) is 0. The van der Waals surface area contributed by atoms with E-state index in [4.69, 9.17) is 0 Å². The summed E-state index contributed by atoms with van der Waals surface area (Å²) in [6.07, 6.45) is 0. The summed E-state index contributed by atoms with van der Waals surface area (Å²) in [6, 6.07) is 6.74. The zero-order valence-corrected chi connectivity index (χ0v) is 8.48. The van der Waals surface area contributed by atoms with E-state index in [1.807, 2.05) is 6.07 Å². The van der Waals surface area contributed by atoms with Crippen LogP contribution in [0.3, 0.4) is 0 Å². The van der Waals surface area contributed by atoms with E-state index >= 15 is 0 Å². The third-order valence-corrected chi connectivity index (χ3v) is 2.48. The molecule has 0 bridgehead atoms. The quantitative estimate of drug-likeness (QED) is 0.711. The molecule has 0 amide bonds. The Morgan fingerprint density at radius 3 is 3.08 bits per heavy atom. The Morgan fingerprint density at radius 1 is 1.42 bits per heavy atom. The van der Waals surface area contributed by atoms with Crippen LogP contribution in [0.15, 0.2) is 22.7 Å². The molecule has 0 spiro atoms. The van der Waals surface area contributed by atoms with Crippen molar-refractivity contribution in [3.05, 3.63) is 22.7 Å². The molecule has 0 radical (unpaired) electrons. The van der Waals surface area contributed by atoms with Crippen molar-refractivity contribution in [2.45, 2.75) is 13.0 Å². The summed E-state index contributed by atoms with van der Waals surface area (Å²) in [5.41, 5.74) is 2.37. The SMILES string of the molecule is C[C@H]1CNc2cc(Br)ccc2N1. The lowest BCUT2D eigenvalue weighted by atomic mass is 10.2. The van der Waals surface area contributed by atoms with Crippen molar-refractivity contribution in [3.63, 3.8) is 0 Å². The van der Waals surface area contributed by atoms with Crippen LogP contribution < -0.4 is 10.6 Å². The van der Waals surface area contributed by atoms with Gasteiger partial charge in [0.25, 0.3) is 0 Å². The van der Waals surface area contributed by atoms with Crippen LogP contribution in [0.2, 0.25) is 0 Å². The molecule has 0 fully saturated rings. The topological polar surface area (TPSA) is 24.1 Å². The van der Waals surface area contributed by atoms with Gasteiger partial charge in [-0.25, -0.2) is 0 Å². The van der Waals surface area contributed by atoms with Crippen molar-refractivity contribution in [2.24, 2.45) is 0 Å². The molecule has 1 heterocycles. The lowest BCUT2D eigenvalue weighted by Crippen LogP contribution is -2.29. The largest absolute Gasteiger partial charge is 0.381 e. The molecule has 2 N–H and O–H groups in total. The molecule has 0 aromatic heterocycles. The summed E-state index contributed by atoms with van der Waals surface area (Å²) in [4.78, 5) is 0. The third-order valence-electron chi connectivity index (χ3n) is 1.98. The third kappa shape index (κ3) is 1.41. The number of rotatable bonds is 0. The molecule has 0 saturated carbocycles. The minimum absolute atomic E-state index is 0.513. The maximum atomic E-state index is 3.44. The molecule has 1 atom stereocenters. The van der Waals surface area contributed by atoms with Gasteiger partial charge in [-0.05, 0) is 25.1 Å². The molecule has 0 unspecified atom stereocenters. The summed E-state index contributed by atoms with van der Waals surface area (Å²) in [5.74, 6) is 0. The average molecular weight is 227 g/mol. The van der Waals surface area contributed by atoms with Gasteiger partial charge in [-0.15, -0.1) is 0 Å². The second kappa shape index (κ2) is 2.98. The van der Waals surface area contributed by atoms with E-state index in [9.17, 15) is 0 Å². The molecular formula is C9H11BrN2. The van der Waals surface area contributed by atoms with Crippen LogP contribution in [0.25, 0.3) is 0 Å². The van der Waals surface area contributed by atoms with Gasteiger partial charge in [0.05, 0.1) is 11.4 Å². The molecule has 0 saturated heterocycles. The van der Waals surface area contributed by atoms with Crippen LogP contribution in [0.4, 0.5) is 11.4 Å². The van der Waals surface area contributed by atoms with Crippen molar-refractivity contribution in [1.29, 1.82) is 0 Å². The molecule has 2 nitrogen and oxygen atoms in total. The van der Waals surface area contributed by atoms with Crippen LogP contribution in [-0.2, 0) is 0 Å². The molecule has 2 rings (SSSR count). The first-order chi connectivity index (χ1) is 5.75. The van der Waals surface area contributed by atoms with Gasteiger partial charge in [0, 0.05) is 17.1 Å². The predicted molar refractivity (Wildman–Crippen MR) is 55.7 cm³/mol. The Bertz CT molecular complexity index is 299. The van der Waals surface area contributed by atoms with Gasteiger partial charge in [-0.2, -0.15) is 0 Å². The minimum atomic E-state index is 0.513. The van der Waals surface area contributed by atoms with E-state index in [1.165, 1.54) is 11.4 Å². The molecule has 1 aliphatic rings.